The van der Waals surface area contributed by atoms with Crippen molar-refractivity contribution in [2.45, 2.75) is 18.9 Å². The molecule has 1 aromatic heterocycles. The van der Waals surface area contributed by atoms with E-state index in [1.807, 2.05) is 6.07 Å². The van der Waals surface area contributed by atoms with Crippen molar-refractivity contribution in [3.8, 4) is 0 Å². The molecule has 1 fully saturated rings. The molecule has 0 radical (unpaired) electrons. The Morgan fingerprint density at radius 1 is 1.55 bits per heavy atom. The van der Waals surface area contributed by atoms with Gasteiger partial charge in [-0.05, 0) is 25.0 Å². The summed E-state index contributed by atoms with van der Waals surface area (Å²) in [6, 6.07) is 3.56. The van der Waals surface area contributed by atoms with Gasteiger partial charge in [-0.1, -0.05) is 0 Å². The lowest BCUT2D eigenvalue weighted by molar-refractivity contribution is 0.0932. The highest BCUT2D eigenvalue weighted by molar-refractivity contribution is 5.92. The van der Waals surface area contributed by atoms with Gasteiger partial charge in [0.2, 0.25) is 0 Å². The number of methoxy groups -OCH3 is 1. The quantitative estimate of drug-likeness (QED) is 0.730. The lowest BCUT2D eigenvalue weighted by Gasteiger charge is -2.11. The predicted octanol–water partition coefficient (Wildman–Crippen LogP) is 1.05. The van der Waals surface area contributed by atoms with Crippen LogP contribution in [0.3, 0.4) is 0 Å². The summed E-state index contributed by atoms with van der Waals surface area (Å²) < 4.78 is 10.4. The molecule has 2 heterocycles. The van der Waals surface area contributed by atoms with Crippen molar-refractivity contribution in [3.63, 3.8) is 0 Å². The monoisotopic (exact) mass is 279 g/mol. The van der Waals surface area contributed by atoms with Gasteiger partial charge < -0.3 is 20.1 Å². The molecule has 1 amide bonds. The zero-order valence-corrected chi connectivity index (χ0v) is 11.7. The standard InChI is InChI=1S/C14H21N3O3/c1-19-8-6-15-14(18)13-5-4-11(9-17-13)16-10-12-3-2-7-20-12/h4-5,9,12,16H,2-3,6-8,10H2,1H3,(H,15,18). The lowest BCUT2D eigenvalue weighted by Crippen LogP contribution is -2.27. The number of nitrogens with one attached hydrogen (secondary N) is 2. The molecule has 2 N–H and O–H groups in total. The molecule has 0 spiro atoms. The number of nitrogens with zero attached hydrogens (tertiary/aromatic N) is 1. The van der Waals surface area contributed by atoms with E-state index in [9.17, 15) is 4.79 Å². The van der Waals surface area contributed by atoms with Crippen molar-refractivity contribution >= 4 is 11.6 Å². The summed E-state index contributed by atoms with van der Waals surface area (Å²) in [7, 11) is 1.60. The molecule has 1 aliphatic rings. The van der Waals surface area contributed by atoms with Crippen LogP contribution in [-0.4, -0.2) is 50.4 Å². The van der Waals surface area contributed by atoms with Gasteiger partial charge in [-0.3, -0.25) is 4.79 Å². The van der Waals surface area contributed by atoms with Crippen molar-refractivity contribution in [1.82, 2.24) is 10.3 Å². The minimum Gasteiger partial charge on any atom is -0.383 e. The number of amides is 1. The topological polar surface area (TPSA) is 72.5 Å². The average Bonchev–Trinajstić information content (AvgIpc) is 2.99. The smallest absolute Gasteiger partial charge is 0.269 e. The molecule has 1 aliphatic heterocycles. The van der Waals surface area contributed by atoms with Crippen LogP contribution < -0.4 is 10.6 Å². The fourth-order valence-electron chi connectivity index (χ4n) is 2.03. The van der Waals surface area contributed by atoms with E-state index in [0.717, 1.165) is 31.7 Å². The fourth-order valence-corrected chi connectivity index (χ4v) is 2.03. The summed E-state index contributed by atoms with van der Waals surface area (Å²) in [5, 5.41) is 6.00. The first-order valence-electron chi connectivity index (χ1n) is 6.88. The van der Waals surface area contributed by atoms with Gasteiger partial charge in [-0.15, -0.1) is 0 Å². The fraction of sp³-hybridized carbons (Fsp3) is 0.571. The van der Waals surface area contributed by atoms with Crippen LogP contribution in [0.15, 0.2) is 18.3 Å². The first kappa shape index (κ1) is 14.7. The van der Waals surface area contributed by atoms with Gasteiger partial charge in [0, 0.05) is 26.8 Å². The van der Waals surface area contributed by atoms with Gasteiger partial charge in [0.05, 0.1) is 24.6 Å². The summed E-state index contributed by atoms with van der Waals surface area (Å²) in [6.07, 6.45) is 4.18. The summed E-state index contributed by atoms with van der Waals surface area (Å²) in [5.74, 6) is -0.187. The van der Waals surface area contributed by atoms with Crippen molar-refractivity contribution in [2.75, 3.05) is 38.7 Å². The van der Waals surface area contributed by atoms with E-state index in [0.29, 0.717) is 18.8 Å². The van der Waals surface area contributed by atoms with Gasteiger partial charge >= 0.3 is 0 Å². The normalized spacial score (nSPS) is 17.9. The molecule has 6 nitrogen and oxygen atoms in total. The van der Waals surface area contributed by atoms with Crippen molar-refractivity contribution in [3.05, 3.63) is 24.0 Å². The van der Waals surface area contributed by atoms with Crippen LogP contribution in [0.5, 0.6) is 0 Å². The molecule has 0 aliphatic carbocycles. The van der Waals surface area contributed by atoms with E-state index < -0.39 is 0 Å². The molecule has 6 heteroatoms. The third-order valence-corrected chi connectivity index (χ3v) is 3.15. The number of carbonyl (C=O) groups excluding carboxylic acids is 1. The summed E-state index contributed by atoms with van der Waals surface area (Å²) in [6.45, 7) is 2.61. The van der Waals surface area contributed by atoms with E-state index in [1.165, 1.54) is 0 Å². The van der Waals surface area contributed by atoms with E-state index in [-0.39, 0.29) is 12.0 Å². The van der Waals surface area contributed by atoms with Gasteiger partial charge in [0.1, 0.15) is 5.69 Å². The molecule has 110 valence electrons. The largest absolute Gasteiger partial charge is 0.383 e. The van der Waals surface area contributed by atoms with Crippen molar-refractivity contribution in [2.24, 2.45) is 0 Å². The maximum Gasteiger partial charge on any atom is 0.269 e. The van der Waals surface area contributed by atoms with E-state index >= 15 is 0 Å². The van der Waals surface area contributed by atoms with Crippen LogP contribution in [0.2, 0.25) is 0 Å². The third kappa shape index (κ3) is 4.47. The number of hydrogen-bond acceptors (Lipinski definition) is 5. The third-order valence-electron chi connectivity index (χ3n) is 3.15. The molecule has 0 bridgehead atoms. The number of hydrogen-bond donors (Lipinski definition) is 2. The Morgan fingerprint density at radius 2 is 2.45 bits per heavy atom. The molecular weight excluding hydrogens is 258 g/mol. The molecule has 1 atom stereocenters. The highest BCUT2D eigenvalue weighted by Crippen LogP contribution is 2.13. The minimum absolute atomic E-state index is 0.187. The minimum atomic E-state index is -0.187. The Hall–Kier alpha value is -1.66. The van der Waals surface area contributed by atoms with Crippen LogP contribution in [0.1, 0.15) is 23.3 Å². The molecule has 1 aromatic rings. The summed E-state index contributed by atoms with van der Waals surface area (Å²) >= 11 is 0. The predicted molar refractivity (Wildman–Crippen MR) is 75.9 cm³/mol. The van der Waals surface area contributed by atoms with Crippen molar-refractivity contribution < 1.29 is 14.3 Å². The first-order valence-corrected chi connectivity index (χ1v) is 6.88. The number of carbonyl (C=O) groups is 1. The zero-order valence-electron chi connectivity index (χ0n) is 11.7. The summed E-state index contributed by atoms with van der Waals surface area (Å²) in [5.41, 5.74) is 1.30. The van der Waals surface area contributed by atoms with Crippen LogP contribution >= 0.6 is 0 Å². The van der Waals surface area contributed by atoms with Crippen LogP contribution in [0.25, 0.3) is 0 Å². The van der Waals surface area contributed by atoms with Crippen LogP contribution in [0, 0.1) is 0 Å². The molecule has 20 heavy (non-hydrogen) atoms. The molecule has 1 saturated heterocycles. The van der Waals surface area contributed by atoms with Gasteiger partial charge in [0.15, 0.2) is 0 Å². The molecule has 0 aromatic carbocycles. The zero-order chi connectivity index (χ0) is 14.2. The number of aromatic nitrogens is 1. The second kappa shape index (κ2) is 7.81. The number of ether oxygens (including phenoxy) is 2. The van der Waals surface area contributed by atoms with Gasteiger partial charge in [-0.25, -0.2) is 4.98 Å². The highest BCUT2D eigenvalue weighted by atomic mass is 16.5. The second-order valence-electron chi connectivity index (χ2n) is 4.70. The lowest BCUT2D eigenvalue weighted by atomic mass is 10.2. The molecule has 0 saturated carbocycles. The van der Waals surface area contributed by atoms with E-state index in [4.69, 9.17) is 9.47 Å². The SMILES string of the molecule is COCCNC(=O)c1ccc(NCC2CCCO2)cn1. The Bertz CT molecular complexity index is 416. The Morgan fingerprint density at radius 3 is 3.10 bits per heavy atom. The first-order chi connectivity index (χ1) is 9.79. The number of rotatable bonds is 7. The van der Waals surface area contributed by atoms with Crippen molar-refractivity contribution in [1.29, 1.82) is 0 Å². The number of anilines is 1. The van der Waals surface area contributed by atoms with Gasteiger partial charge in [-0.2, -0.15) is 0 Å². The number of pyridine rings is 1. The van der Waals surface area contributed by atoms with Crippen LogP contribution in [-0.2, 0) is 9.47 Å². The maximum atomic E-state index is 11.7. The average molecular weight is 279 g/mol. The second-order valence-corrected chi connectivity index (χ2v) is 4.70. The summed E-state index contributed by atoms with van der Waals surface area (Å²) in [4.78, 5) is 15.9. The molecule has 2 rings (SSSR count). The Balaban J connectivity index is 1.78. The van der Waals surface area contributed by atoms with E-state index in [2.05, 4.69) is 15.6 Å². The molecular formula is C14H21N3O3. The van der Waals surface area contributed by atoms with Gasteiger partial charge in [0.25, 0.3) is 5.91 Å². The van der Waals surface area contributed by atoms with E-state index in [1.54, 1.807) is 19.4 Å². The Labute approximate surface area is 118 Å². The highest BCUT2D eigenvalue weighted by Gasteiger charge is 2.14. The Kier molecular flexibility index (Phi) is 5.76. The maximum absolute atomic E-state index is 11.7. The van der Waals surface area contributed by atoms with Crippen LogP contribution in [0.4, 0.5) is 5.69 Å². The molecule has 1 unspecified atom stereocenters.